The summed E-state index contributed by atoms with van der Waals surface area (Å²) in [7, 11) is 0. The molecule has 20 heavy (non-hydrogen) atoms. The lowest BCUT2D eigenvalue weighted by atomic mass is 10.1. The van der Waals surface area contributed by atoms with Gasteiger partial charge in [-0.25, -0.2) is 0 Å². The Bertz CT molecular complexity index is 564. The lowest BCUT2D eigenvalue weighted by Crippen LogP contribution is -2.10. The van der Waals surface area contributed by atoms with E-state index in [1.54, 1.807) is 0 Å². The van der Waals surface area contributed by atoms with E-state index < -0.39 is 0 Å². The average molecular weight is 287 g/mol. The Kier molecular flexibility index (Phi) is 3.81. The fourth-order valence-corrected chi connectivity index (χ4v) is 3.98. The molecular formula is C17H21NOS. The molecule has 0 spiro atoms. The number of aryl methyl sites for hydroxylation is 2. The summed E-state index contributed by atoms with van der Waals surface area (Å²) in [6.45, 7) is 4.07. The van der Waals surface area contributed by atoms with Gasteiger partial charge in [-0.05, 0) is 62.4 Å². The van der Waals surface area contributed by atoms with Crippen LogP contribution in [0.2, 0.25) is 0 Å². The van der Waals surface area contributed by atoms with E-state index in [1.807, 2.05) is 37.3 Å². The molecule has 0 bridgehead atoms. The van der Waals surface area contributed by atoms with Crippen molar-refractivity contribution in [3.05, 3.63) is 51.2 Å². The second-order valence-electron chi connectivity index (χ2n) is 5.66. The molecule has 0 saturated carbocycles. The van der Waals surface area contributed by atoms with Crippen LogP contribution in [-0.2, 0) is 12.8 Å². The van der Waals surface area contributed by atoms with E-state index in [0.717, 1.165) is 11.3 Å². The number of rotatable bonds is 4. The Morgan fingerprint density at radius 3 is 2.55 bits per heavy atom. The molecule has 0 aliphatic heterocycles. The Morgan fingerprint density at radius 1 is 1.15 bits per heavy atom. The molecule has 106 valence electrons. The highest BCUT2D eigenvalue weighted by molar-refractivity contribution is 7.12. The van der Waals surface area contributed by atoms with Gasteiger partial charge in [-0.1, -0.05) is 12.1 Å². The first-order chi connectivity index (χ1) is 9.63. The molecule has 0 amide bonds. The Morgan fingerprint density at radius 2 is 1.90 bits per heavy atom. The van der Waals surface area contributed by atoms with E-state index in [1.165, 1.54) is 34.6 Å². The van der Waals surface area contributed by atoms with Crippen LogP contribution < -0.4 is 10.5 Å². The number of thiophene rings is 1. The van der Waals surface area contributed by atoms with Gasteiger partial charge in [0.05, 0.1) is 12.1 Å². The van der Waals surface area contributed by atoms with Crippen molar-refractivity contribution in [3.8, 4) is 5.75 Å². The van der Waals surface area contributed by atoms with Crippen LogP contribution in [0.3, 0.4) is 0 Å². The molecule has 1 unspecified atom stereocenters. The first-order valence-corrected chi connectivity index (χ1v) is 8.09. The summed E-state index contributed by atoms with van der Waals surface area (Å²) in [5.41, 5.74) is 9.07. The van der Waals surface area contributed by atoms with E-state index in [2.05, 4.69) is 18.2 Å². The van der Waals surface area contributed by atoms with Crippen molar-refractivity contribution < 1.29 is 4.74 Å². The molecule has 2 N–H and O–H groups in total. The summed E-state index contributed by atoms with van der Waals surface area (Å²) >= 11 is 1.88. The highest BCUT2D eigenvalue weighted by atomic mass is 32.1. The fraction of sp³-hybridized carbons (Fsp3) is 0.412. The zero-order valence-electron chi connectivity index (χ0n) is 12.1. The van der Waals surface area contributed by atoms with Crippen LogP contribution in [0.4, 0.5) is 0 Å². The lowest BCUT2D eigenvalue weighted by Gasteiger charge is -2.13. The molecule has 1 heterocycles. The van der Waals surface area contributed by atoms with Crippen LogP contribution in [0.5, 0.6) is 5.75 Å². The molecule has 0 saturated heterocycles. The molecule has 3 rings (SSSR count). The third-order valence-electron chi connectivity index (χ3n) is 3.68. The second kappa shape index (κ2) is 5.58. The summed E-state index contributed by atoms with van der Waals surface area (Å²) in [6, 6.07) is 10.5. The molecule has 1 aliphatic rings. The number of fused-ring (bicyclic) bond motifs is 1. The monoisotopic (exact) mass is 287 g/mol. The summed E-state index contributed by atoms with van der Waals surface area (Å²) in [4.78, 5) is 2.82. The molecule has 0 radical (unpaired) electrons. The third kappa shape index (κ3) is 2.74. The van der Waals surface area contributed by atoms with E-state index in [9.17, 15) is 0 Å². The van der Waals surface area contributed by atoms with E-state index in [0.29, 0.717) is 0 Å². The SMILES string of the molecule is CC(C)Oc1ccc(C(N)c2cc3c(s2)CCC3)cc1. The summed E-state index contributed by atoms with van der Waals surface area (Å²) in [6.07, 6.45) is 3.96. The van der Waals surface area contributed by atoms with Gasteiger partial charge in [-0.3, -0.25) is 0 Å². The van der Waals surface area contributed by atoms with Gasteiger partial charge in [0.1, 0.15) is 5.75 Å². The molecule has 0 fully saturated rings. The second-order valence-corrected chi connectivity index (χ2v) is 6.83. The third-order valence-corrected chi connectivity index (χ3v) is 5.00. The number of hydrogen-bond acceptors (Lipinski definition) is 3. The van der Waals surface area contributed by atoms with Gasteiger partial charge in [0.2, 0.25) is 0 Å². The highest BCUT2D eigenvalue weighted by Gasteiger charge is 2.19. The minimum absolute atomic E-state index is 0.0151. The van der Waals surface area contributed by atoms with Gasteiger partial charge in [-0.2, -0.15) is 0 Å². The van der Waals surface area contributed by atoms with Crippen molar-refractivity contribution in [2.24, 2.45) is 5.73 Å². The van der Waals surface area contributed by atoms with Crippen LogP contribution in [0.25, 0.3) is 0 Å². The van der Waals surface area contributed by atoms with Crippen molar-refractivity contribution >= 4 is 11.3 Å². The number of benzene rings is 1. The van der Waals surface area contributed by atoms with Crippen molar-refractivity contribution in [1.82, 2.24) is 0 Å². The largest absolute Gasteiger partial charge is 0.491 e. The molecule has 1 aromatic carbocycles. The maximum Gasteiger partial charge on any atom is 0.119 e. The standard InChI is InChI=1S/C17H21NOS/c1-11(2)19-14-8-6-12(7-9-14)17(18)16-10-13-4-3-5-15(13)20-16/h6-11,17H,3-5,18H2,1-2H3. The van der Waals surface area contributed by atoms with Gasteiger partial charge in [-0.15, -0.1) is 11.3 Å². The predicted octanol–water partition coefficient (Wildman–Crippen LogP) is 4.07. The van der Waals surface area contributed by atoms with Gasteiger partial charge >= 0.3 is 0 Å². The molecule has 1 aliphatic carbocycles. The number of ether oxygens (including phenoxy) is 1. The zero-order valence-corrected chi connectivity index (χ0v) is 12.9. The van der Waals surface area contributed by atoms with Gasteiger partial charge in [0, 0.05) is 9.75 Å². The molecular weight excluding hydrogens is 266 g/mol. The molecule has 2 aromatic rings. The van der Waals surface area contributed by atoms with E-state index >= 15 is 0 Å². The lowest BCUT2D eigenvalue weighted by molar-refractivity contribution is 0.242. The van der Waals surface area contributed by atoms with Gasteiger partial charge in [0.15, 0.2) is 0 Å². The smallest absolute Gasteiger partial charge is 0.119 e. The van der Waals surface area contributed by atoms with Crippen molar-refractivity contribution in [1.29, 1.82) is 0 Å². The fourth-order valence-electron chi connectivity index (χ4n) is 2.70. The van der Waals surface area contributed by atoms with Crippen molar-refractivity contribution in [2.75, 3.05) is 0 Å². The van der Waals surface area contributed by atoms with Crippen LogP contribution in [-0.4, -0.2) is 6.10 Å². The minimum atomic E-state index is -0.0151. The van der Waals surface area contributed by atoms with Gasteiger partial charge < -0.3 is 10.5 Å². The molecule has 1 aromatic heterocycles. The molecule has 1 atom stereocenters. The zero-order chi connectivity index (χ0) is 14.1. The van der Waals surface area contributed by atoms with Crippen LogP contribution in [0.15, 0.2) is 30.3 Å². The first kappa shape index (κ1) is 13.7. The average Bonchev–Trinajstić information content (AvgIpc) is 2.98. The quantitative estimate of drug-likeness (QED) is 0.920. The molecule has 3 heteroatoms. The summed E-state index contributed by atoms with van der Waals surface area (Å²) < 4.78 is 5.67. The van der Waals surface area contributed by atoms with E-state index in [4.69, 9.17) is 10.5 Å². The van der Waals surface area contributed by atoms with E-state index in [-0.39, 0.29) is 12.1 Å². The maximum absolute atomic E-state index is 6.40. The van der Waals surface area contributed by atoms with Crippen LogP contribution in [0, 0.1) is 0 Å². The van der Waals surface area contributed by atoms with Crippen LogP contribution in [0.1, 0.15) is 47.2 Å². The summed E-state index contributed by atoms with van der Waals surface area (Å²) in [5, 5.41) is 0. The Labute approximate surface area is 124 Å². The maximum atomic E-state index is 6.40. The van der Waals surface area contributed by atoms with Gasteiger partial charge in [0.25, 0.3) is 0 Å². The molecule has 2 nitrogen and oxygen atoms in total. The minimum Gasteiger partial charge on any atom is -0.491 e. The number of hydrogen-bond donors (Lipinski definition) is 1. The normalized spacial score (nSPS) is 15.4. The Hall–Kier alpha value is -1.32. The predicted molar refractivity (Wildman–Crippen MR) is 84.6 cm³/mol. The number of nitrogens with two attached hydrogens (primary N) is 1. The Balaban J connectivity index is 1.77. The first-order valence-electron chi connectivity index (χ1n) is 7.27. The summed E-state index contributed by atoms with van der Waals surface area (Å²) in [5.74, 6) is 0.907. The van der Waals surface area contributed by atoms with Crippen molar-refractivity contribution in [2.45, 2.75) is 45.3 Å². The van der Waals surface area contributed by atoms with Crippen molar-refractivity contribution in [3.63, 3.8) is 0 Å². The van der Waals surface area contributed by atoms with Crippen LogP contribution >= 0.6 is 11.3 Å². The highest BCUT2D eigenvalue weighted by Crippen LogP contribution is 2.35. The topological polar surface area (TPSA) is 35.2 Å².